The van der Waals surface area contributed by atoms with Gasteiger partial charge in [-0.1, -0.05) is 18.2 Å². The molecule has 1 aliphatic carbocycles. The molecule has 1 heterocycles. The fourth-order valence-corrected chi connectivity index (χ4v) is 3.42. The molecular formula is C20H26F3N5. The molecule has 2 aromatic rings. The van der Waals surface area contributed by atoms with Gasteiger partial charge in [0.25, 0.3) is 0 Å². The Bertz CT molecular complexity index is 816. The molecule has 0 unspecified atom stereocenters. The van der Waals surface area contributed by atoms with E-state index in [1.807, 2.05) is 20.8 Å². The van der Waals surface area contributed by atoms with Crippen LogP contribution < -0.4 is 5.32 Å². The summed E-state index contributed by atoms with van der Waals surface area (Å²) in [7, 11) is 0. The number of halogens is 3. The van der Waals surface area contributed by atoms with Crippen molar-refractivity contribution in [2.45, 2.75) is 70.6 Å². The van der Waals surface area contributed by atoms with Gasteiger partial charge < -0.3 is 5.32 Å². The van der Waals surface area contributed by atoms with E-state index in [0.29, 0.717) is 5.82 Å². The first-order valence-electron chi connectivity index (χ1n) is 9.53. The largest absolute Gasteiger partial charge is 0.393 e. The first kappa shape index (κ1) is 20.4. The topological polar surface area (TPSA) is 55.6 Å². The molecule has 0 amide bonds. The summed E-state index contributed by atoms with van der Waals surface area (Å²) in [6.45, 7) is 6.10. The first-order chi connectivity index (χ1) is 13.1. The van der Waals surface area contributed by atoms with Gasteiger partial charge in [-0.05, 0) is 80.2 Å². The number of nitrogens with zero attached hydrogens (tertiary/aromatic N) is 4. The number of aromatic nitrogens is 4. The number of tetrazole rings is 1. The molecule has 3 rings (SSSR count). The van der Waals surface area contributed by atoms with Crippen molar-refractivity contribution in [1.29, 1.82) is 0 Å². The van der Waals surface area contributed by atoms with Crippen molar-refractivity contribution in [2.75, 3.05) is 5.32 Å². The number of allylic oxidation sites excluding steroid dienone is 1. The third-order valence-corrected chi connectivity index (χ3v) is 4.75. The number of nitrogens with one attached hydrogen (secondary N) is 1. The molecule has 28 heavy (non-hydrogen) atoms. The molecule has 1 atom stereocenters. The van der Waals surface area contributed by atoms with E-state index in [9.17, 15) is 13.2 Å². The maximum atomic E-state index is 12.6. The number of alkyl halides is 3. The molecule has 1 aliphatic rings. The molecule has 1 N–H and O–H groups in total. The summed E-state index contributed by atoms with van der Waals surface area (Å²) in [5.74, 6) is 0.708. The van der Waals surface area contributed by atoms with Crippen molar-refractivity contribution < 1.29 is 13.2 Å². The van der Waals surface area contributed by atoms with Crippen LogP contribution >= 0.6 is 0 Å². The average molecular weight is 393 g/mol. The highest BCUT2D eigenvalue weighted by molar-refractivity contribution is 5.48. The highest BCUT2D eigenvalue weighted by Gasteiger charge is 2.29. The van der Waals surface area contributed by atoms with E-state index in [1.54, 1.807) is 16.8 Å². The van der Waals surface area contributed by atoms with E-state index < -0.39 is 12.6 Å². The molecule has 0 spiro atoms. The molecule has 0 fully saturated rings. The van der Waals surface area contributed by atoms with Crippen LogP contribution in [0.3, 0.4) is 0 Å². The minimum atomic E-state index is -4.21. The van der Waals surface area contributed by atoms with Crippen LogP contribution in [0.15, 0.2) is 35.9 Å². The van der Waals surface area contributed by atoms with Crippen molar-refractivity contribution in [3.05, 3.63) is 47.3 Å². The zero-order valence-electron chi connectivity index (χ0n) is 16.4. The van der Waals surface area contributed by atoms with E-state index in [-0.39, 0.29) is 17.1 Å². The monoisotopic (exact) mass is 393 g/mol. The van der Waals surface area contributed by atoms with Crippen molar-refractivity contribution in [1.82, 2.24) is 20.2 Å². The van der Waals surface area contributed by atoms with Crippen LogP contribution in [0.1, 0.15) is 63.9 Å². The lowest BCUT2D eigenvalue weighted by Gasteiger charge is -2.28. The fraction of sp³-hybridized carbons (Fsp3) is 0.550. The number of hydrogen-bond acceptors (Lipinski definition) is 4. The first-order valence-corrected chi connectivity index (χ1v) is 9.53. The second kappa shape index (κ2) is 7.93. The van der Waals surface area contributed by atoms with Gasteiger partial charge in [0.1, 0.15) is 6.04 Å². The van der Waals surface area contributed by atoms with Crippen LogP contribution in [0.5, 0.6) is 0 Å². The molecule has 5 nitrogen and oxygen atoms in total. The predicted molar refractivity (Wildman–Crippen MR) is 102 cm³/mol. The molecule has 8 heteroatoms. The van der Waals surface area contributed by atoms with Crippen LogP contribution in [0.25, 0.3) is 0 Å². The lowest BCUT2D eigenvalue weighted by atomic mass is 9.92. The SMILES string of the molecule is CC(C)(C)n1nnnc1[C@H](Nc1ccc(CC(F)(F)F)cc1)C1=CCCCC1. The summed E-state index contributed by atoms with van der Waals surface area (Å²) >= 11 is 0. The predicted octanol–water partition coefficient (Wildman–Crippen LogP) is 5.19. The summed E-state index contributed by atoms with van der Waals surface area (Å²) in [6.07, 6.45) is 1.30. The van der Waals surface area contributed by atoms with Crippen molar-refractivity contribution in [2.24, 2.45) is 0 Å². The number of hydrogen-bond donors (Lipinski definition) is 1. The van der Waals surface area contributed by atoms with Crippen molar-refractivity contribution in [3.63, 3.8) is 0 Å². The Labute approximate surface area is 163 Å². The molecule has 1 aromatic heterocycles. The maximum Gasteiger partial charge on any atom is 0.393 e. The molecule has 0 bridgehead atoms. The summed E-state index contributed by atoms with van der Waals surface area (Å²) < 4.78 is 39.6. The van der Waals surface area contributed by atoms with E-state index in [4.69, 9.17) is 0 Å². The summed E-state index contributed by atoms with van der Waals surface area (Å²) in [5, 5.41) is 15.7. The standard InChI is InChI=1S/C20H26F3N5/c1-19(2,3)28-18(25-26-27-28)17(15-7-5-4-6-8-15)24-16-11-9-14(10-12-16)13-20(21,22)23/h7,9-12,17,24H,4-6,8,13H2,1-3H3/t17-/m1/s1. The Morgan fingerprint density at radius 1 is 1.11 bits per heavy atom. The Hall–Kier alpha value is -2.38. The maximum absolute atomic E-state index is 12.6. The van der Waals surface area contributed by atoms with E-state index >= 15 is 0 Å². The van der Waals surface area contributed by atoms with Gasteiger partial charge in [0.2, 0.25) is 0 Å². The molecule has 0 aliphatic heterocycles. The van der Waals surface area contributed by atoms with Crippen molar-refractivity contribution >= 4 is 5.69 Å². The van der Waals surface area contributed by atoms with Crippen LogP contribution in [0, 0.1) is 0 Å². The smallest absolute Gasteiger partial charge is 0.372 e. The van der Waals surface area contributed by atoms with Crippen LogP contribution in [-0.4, -0.2) is 26.4 Å². The number of anilines is 1. The van der Waals surface area contributed by atoms with E-state index in [1.165, 1.54) is 17.7 Å². The van der Waals surface area contributed by atoms with Crippen LogP contribution in [-0.2, 0) is 12.0 Å². The molecule has 152 valence electrons. The van der Waals surface area contributed by atoms with Gasteiger partial charge in [-0.15, -0.1) is 5.10 Å². The van der Waals surface area contributed by atoms with Gasteiger partial charge in [0.05, 0.1) is 12.0 Å². The highest BCUT2D eigenvalue weighted by Crippen LogP contribution is 2.33. The Balaban J connectivity index is 1.89. The third kappa shape index (κ3) is 5.11. The minimum absolute atomic E-state index is 0.219. The van der Waals surface area contributed by atoms with Crippen LogP contribution in [0.4, 0.5) is 18.9 Å². The Morgan fingerprint density at radius 2 is 1.82 bits per heavy atom. The van der Waals surface area contributed by atoms with E-state index in [2.05, 4.69) is 26.9 Å². The molecule has 1 aromatic carbocycles. The summed E-state index contributed by atoms with van der Waals surface area (Å²) in [4.78, 5) is 0. The summed E-state index contributed by atoms with van der Waals surface area (Å²) in [6, 6.07) is 6.16. The van der Waals surface area contributed by atoms with Gasteiger partial charge in [0, 0.05) is 5.69 Å². The van der Waals surface area contributed by atoms with Gasteiger partial charge >= 0.3 is 6.18 Å². The molecular weight excluding hydrogens is 367 g/mol. The zero-order chi connectivity index (χ0) is 20.4. The van der Waals surface area contributed by atoms with Gasteiger partial charge in [-0.25, -0.2) is 4.68 Å². The van der Waals surface area contributed by atoms with E-state index in [0.717, 1.165) is 31.4 Å². The van der Waals surface area contributed by atoms with Gasteiger partial charge in [-0.3, -0.25) is 0 Å². The van der Waals surface area contributed by atoms with Gasteiger partial charge in [-0.2, -0.15) is 13.2 Å². The zero-order valence-corrected chi connectivity index (χ0v) is 16.4. The fourth-order valence-electron chi connectivity index (χ4n) is 3.42. The molecule has 0 radical (unpaired) electrons. The second-order valence-corrected chi connectivity index (χ2v) is 8.21. The third-order valence-electron chi connectivity index (χ3n) is 4.75. The molecule has 0 saturated heterocycles. The minimum Gasteiger partial charge on any atom is -0.372 e. The normalized spacial score (nSPS) is 16.6. The number of benzene rings is 1. The molecule has 0 saturated carbocycles. The summed E-state index contributed by atoms with van der Waals surface area (Å²) in [5.41, 5.74) is 1.91. The second-order valence-electron chi connectivity index (χ2n) is 8.21. The lowest BCUT2D eigenvalue weighted by molar-refractivity contribution is -0.127. The lowest BCUT2D eigenvalue weighted by Crippen LogP contribution is -2.29. The average Bonchev–Trinajstić information content (AvgIpc) is 3.10. The highest BCUT2D eigenvalue weighted by atomic mass is 19.4. The quantitative estimate of drug-likeness (QED) is 0.711. The Kier molecular flexibility index (Phi) is 5.76. The van der Waals surface area contributed by atoms with Crippen LogP contribution in [0.2, 0.25) is 0 Å². The van der Waals surface area contributed by atoms with Gasteiger partial charge in [0.15, 0.2) is 5.82 Å². The number of rotatable bonds is 5. The van der Waals surface area contributed by atoms with Crippen molar-refractivity contribution in [3.8, 4) is 0 Å². The Morgan fingerprint density at radius 3 is 2.39 bits per heavy atom.